The van der Waals surface area contributed by atoms with Crippen LogP contribution < -0.4 is 0 Å². The van der Waals surface area contributed by atoms with Gasteiger partial charge in [0.05, 0.1) is 0 Å². The van der Waals surface area contributed by atoms with Crippen LogP contribution in [0.2, 0.25) is 0 Å². The third-order valence-electron chi connectivity index (χ3n) is 10.3. The van der Waals surface area contributed by atoms with Crippen molar-refractivity contribution in [1.82, 2.24) is 0 Å². The predicted molar refractivity (Wildman–Crippen MR) is 234 cm³/mol. The van der Waals surface area contributed by atoms with Gasteiger partial charge in [0.2, 0.25) is 5.24 Å². The van der Waals surface area contributed by atoms with Gasteiger partial charge in [-0.3, -0.25) is 19.2 Å². The lowest BCUT2D eigenvalue weighted by atomic mass is 10.00. The molecule has 8 heteroatoms. The molecule has 0 aromatic carbocycles. The van der Waals surface area contributed by atoms with Gasteiger partial charge in [0, 0.05) is 25.7 Å². The van der Waals surface area contributed by atoms with Gasteiger partial charge in [0.25, 0.3) is 0 Å². The minimum absolute atomic E-state index is 0.0564. The van der Waals surface area contributed by atoms with E-state index in [4.69, 9.17) is 25.8 Å². The first-order valence-corrected chi connectivity index (χ1v) is 23.6. The number of allylic oxidation sites excluding steroid dienone is 4. The second-order valence-corrected chi connectivity index (χ2v) is 16.5. The standard InChI is InChI=1S/C48H85ClO7/c1-4-6-8-10-12-14-16-18-20-22-24-26-28-30-32-38-46(51)54-41-44(56-48(53)40-43(3)36-34-35-37-45(49)50)42-55-47(52)39-33-31-29-27-25-23-21-19-17-15-13-11-9-7-5-2/h18-21,43-44H,4-17,22-42H2,1-3H3/b20-18-,21-19-. The van der Waals surface area contributed by atoms with Crippen molar-refractivity contribution in [1.29, 1.82) is 0 Å². The number of hydrogen-bond acceptors (Lipinski definition) is 7. The molecule has 0 aliphatic heterocycles. The second-order valence-electron chi connectivity index (χ2n) is 16.1. The number of ether oxygens (including phenoxy) is 3. The van der Waals surface area contributed by atoms with Crippen LogP contribution in [0.15, 0.2) is 24.3 Å². The molecule has 0 rings (SSSR count). The molecule has 0 saturated heterocycles. The Hall–Kier alpha value is -2.15. The van der Waals surface area contributed by atoms with Gasteiger partial charge >= 0.3 is 17.9 Å². The van der Waals surface area contributed by atoms with E-state index in [1.165, 1.54) is 103 Å². The molecule has 1 unspecified atom stereocenters. The lowest BCUT2D eigenvalue weighted by molar-refractivity contribution is -0.167. The van der Waals surface area contributed by atoms with Gasteiger partial charge in [-0.15, -0.1) is 0 Å². The summed E-state index contributed by atoms with van der Waals surface area (Å²) < 4.78 is 16.6. The number of unbranched alkanes of at least 4 members (excludes halogenated alkanes) is 23. The highest BCUT2D eigenvalue weighted by Crippen LogP contribution is 2.16. The summed E-state index contributed by atoms with van der Waals surface area (Å²) in [5, 5.41) is -0.349. The summed E-state index contributed by atoms with van der Waals surface area (Å²) in [5.74, 6) is -1.02. The fourth-order valence-electron chi connectivity index (χ4n) is 6.69. The zero-order valence-corrected chi connectivity index (χ0v) is 37.2. The van der Waals surface area contributed by atoms with Gasteiger partial charge in [-0.05, 0) is 88.1 Å². The molecule has 0 heterocycles. The molecule has 0 aliphatic carbocycles. The highest BCUT2D eigenvalue weighted by atomic mass is 35.5. The summed E-state index contributed by atoms with van der Waals surface area (Å²) in [5.41, 5.74) is 0. The first-order chi connectivity index (χ1) is 27.3. The number of halogens is 1. The Labute approximate surface area is 349 Å². The Bertz CT molecular complexity index is 938. The van der Waals surface area contributed by atoms with E-state index in [2.05, 4.69) is 38.2 Å². The fourth-order valence-corrected chi connectivity index (χ4v) is 6.82. The van der Waals surface area contributed by atoms with Crippen LogP contribution in [0.4, 0.5) is 0 Å². The predicted octanol–water partition coefficient (Wildman–Crippen LogP) is 14.4. The third-order valence-corrected chi connectivity index (χ3v) is 10.5. The minimum atomic E-state index is -0.848. The molecule has 0 saturated carbocycles. The summed E-state index contributed by atoms with van der Waals surface area (Å²) >= 11 is 5.42. The van der Waals surface area contributed by atoms with Crippen molar-refractivity contribution < 1.29 is 33.4 Å². The Balaban J connectivity index is 4.37. The van der Waals surface area contributed by atoms with Gasteiger partial charge in [0.1, 0.15) is 13.2 Å². The zero-order chi connectivity index (χ0) is 41.2. The third kappa shape index (κ3) is 41.5. The molecular weight excluding hydrogens is 724 g/mol. The number of carbonyl (C=O) groups excluding carboxylic acids is 4. The van der Waals surface area contributed by atoms with E-state index >= 15 is 0 Å². The molecule has 326 valence electrons. The van der Waals surface area contributed by atoms with Gasteiger partial charge < -0.3 is 14.2 Å². The highest BCUT2D eigenvalue weighted by molar-refractivity contribution is 6.63. The average molecular weight is 810 g/mol. The van der Waals surface area contributed by atoms with Gasteiger partial charge in [-0.2, -0.15) is 0 Å². The second kappa shape index (κ2) is 42.5. The Kier molecular flexibility index (Phi) is 40.8. The van der Waals surface area contributed by atoms with Crippen LogP contribution in [0, 0.1) is 5.92 Å². The quantitative estimate of drug-likeness (QED) is 0.0199. The van der Waals surface area contributed by atoms with E-state index in [1.807, 2.05) is 6.92 Å². The van der Waals surface area contributed by atoms with E-state index in [1.54, 1.807) is 0 Å². The first-order valence-electron chi connectivity index (χ1n) is 23.3. The molecule has 0 aliphatic rings. The monoisotopic (exact) mass is 809 g/mol. The average Bonchev–Trinajstić information content (AvgIpc) is 3.17. The molecule has 0 fully saturated rings. The van der Waals surface area contributed by atoms with E-state index < -0.39 is 12.1 Å². The van der Waals surface area contributed by atoms with Crippen molar-refractivity contribution in [3.63, 3.8) is 0 Å². The molecule has 7 nitrogen and oxygen atoms in total. The van der Waals surface area contributed by atoms with E-state index in [0.717, 1.165) is 77.0 Å². The van der Waals surface area contributed by atoms with E-state index in [0.29, 0.717) is 25.7 Å². The maximum absolute atomic E-state index is 12.8. The summed E-state index contributed by atoms with van der Waals surface area (Å²) in [6, 6.07) is 0. The summed E-state index contributed by atoms with van der Waals surface area (Å²) in [4.78, 5) is 48.8. The van der Waals surface area contributed by atoms with Crippen LogP contribution in [0.25, 0.3) is 0 Å². The molecule has 0 amide bonds. The number of hydrogen-bond donors (Lipinski definition) is 0. The fraction of sp³-hybridized carbons (Fsp3) is 0.833. The molecule has 1 atom stereocenters. The summed E-state index contributed by atoms with van der Waals surface area (Å²) in [7, 11) is 0. The van der Waals surface area contributed by atoms with Crippen LogP contribution in [0.3, 0.4) is 0 Å². The van der Waals surface area contributed by atoms with Crippen molar-refractivity contribution in [3.8, 4) is 0 Å². The molecule has 0 aromatic heterocycles. The molecule has 56 heavy (non-hydrogen) atoms. The molecular formula is C48H85ClO7. The van der Waals surface area contributed by atoms with E-state index in [-0.39, 0.29) is 42.7 Å². The van der Waals surface area contributed by atoms with Crippen molar-refractivity contribution in [3.05, 3.63) is 24.3 Å². The lowest BCUT2D eigenvalue weighted by Crippen LogP contribution is -2.31. The minimum Gasteiger partial charge on any atom is -0.462 e. The number of rotatable bonds is 42. The molecule has 0 bridgehead atoms. The van der Waals surface area contributed by atoms with E-state index in [9.17, 15) is 19.2 Å². The molecule has 0 N–H and O–H groups in total. The lowest BCUT2D eigenvalue weighted by Gasteiger charge is -2.19. The van der Waals surface area contributed by atoms with Crippen molar-refractivity contribution >= 4 is 34.8 Å². The Morgan fingerprint density at radius 1 is 0.464 bits per heavy atom. The topological polar surface area (TPSA) is 96.0 Å². The Morgan fingerprint density at radius 2 is 0.821 bits per heavy atom. The van der Waals surface area contributed by atoms with Crippen LogP contribution in [-0.4, -0.2) is 42.5 Å². The van der Waals surface area contributed by atoms with Gasteiger partial charge in [-0.25, -0.2) is 0 Å². The SMILES string of the molecule is CCCCCCCC/C=C\CCCCCCCC(=O)OCC(COC(=O)CCCCCCC/C=C\CCCCCCCC)OC(=O)CC(C)CCCCC(=O)Cl. The normalized spacial score (nSPS) is 12.2. The molecule has 0 radical (unpaired) electrons. The maximum atomic E-state index is 12.8. The highest BCUT2D eigenvalue weighted by Gasteiger charge is 2.21. The molecule has 0 spiro atoms. The van der Waals surface area contributed by atoms with Crippen LogP contribution in [0.5, 0.6) is 0 Å². The van der Waals surface area contributed by atoms with Gasteiger partial charge in [-0.1, -0.05) is 161 Å². The van der Waals surface area contributed by atoms with Crippen LogP contribution in [0.1, 0.15) is 233 Å². The number of carbonyl (C=O) groups is 4. The zero-order valence-electron chi connectivity index (χ0n) is 36.4. The van der Waals surface area contributed by atoms with Crippen molar-refractivity contribution in [2.75, 3.05) is 13.2 Å². The smallest absolute Gasteiger partial charge is 0.306 e. The maximum Gasteiger partial charge on any atom is 0.306 e. The summed E-state index contributed by atoms with van der Waals surface area (Å²) in [6.07, 6.45) is 42.8. The van der Waals surface area contributed by atoms with Crippen molar-refractivity contribution in [2.45, 2.75) is 239 Å². The van der Waals surface area contributed by atoms with Crippen LogP contribution >= 0.6 is 11.6 Å². The largest absolute Gasteiger partial charge is 0.462 e. The first kappa shape index (κ1) is 53.9. The Morgan fingerprint density at radius 3 is 1.21 bits per heavy atom. The summed E-state index contributed by atoms with van der Waals surface area (Å²) in [6.45, 7) is 6.19. The van der Waals surface area contributed by atoms with Crippen LogP contribution in [-0.2, 0) is 33.4 Å². The van der Waals surface area contributed by atoms with Gasteiger partial charge in [0.15, 0.2) is 6.10 Å². The molecule has 0 aromatic rings. The van der Waals surface area contributed by atoms with Crippen molar-refractivity contribution in [2.24, 2.45) is 5.92 Å². The number of esters is 3.